The van der Waals surface area contributed by atoms with Crippen LogP contribution in [0.2, 0.25) is 0 Å². The van der Waals surface area contributed by atoms with Crippen molar-refractivity contribution in [2.24, 2.45) is 0 Å². The number of nitrogens with one attached hydrogen (secondary N) is 2. The predicted octanol–water partition coefficient (Wildman–Crippen LogP) is 2.47. The third kappa shape index (κ3) is 4.45. The molecule has 0 heterocycles. The third-order valence-electron chi connectivity index (χ3n) is 3.10. The number of methoxy groups -OCH3 is 1. The minimum atomic E-state index is -0.771. The van der Waals surface area contributed by atoms with Crippen molar-refractivity contribution < 1.29 is 14.3 Å². The first kappa shape index (κ1) is 16.8. The van der Waals surface area contributed by atoms with E-state index < -0.39 is 11.8 Å². The summed E-state index contributed by atoms with van der Waals surface area (Å²) < 4.78 is 5.04. The van der Waals surface area contributed by atoms with E-state index >= 15 is 0 Å². The number of anilines is 1. The lowest BCUT2D eigenvalue weighted by Crippen LogP contribution is -2.31. The quantitative estimate of drug-likeness (QED) is 0.652. The van der Waals surface area contributed by atoms with Gasteiger partial charge in [0, 0.05) is 17.5 Å². The number of nitrogens with zero attached hydrogens (tertiary/aromatic N) is 1. The Kier molecular flexibility index (Phi) is 5.70. The van der Waals surface area contributed by atoms with Crippen LogP contribution in [0.3, 0.4) is 0 Å². The van der Waals surface area contributed by atoms with Crippen molar-refractivity contribution in [3.63, 3.8) is 0 Å². The lowest BCUT2D eigenvalue weighted by molar-refractivity contribution is -0.116. The highest BCUT2D eigenvalue weighted by Gasteiger charge is 2.14. The molecule has 0 saturated carbocycles. The molecule has 0 aliphatic rings. The van der Waals surface area contributed by atoms with Gasteiger partial charge < -0.3 is 10.1 Å². The van der Waals surface area contributed by atoms with Gasteiger partial charge in [-0.05, 0) is 36.4 Å². The van der Waals surface area contributed by atoms with Gasteiger partial charge in [-0.15, -0.1) is 0 Å². The molecular weight excluding hydrogens is 306 g/mol. The number of hydrogen-bond donors (Lipinski definition) is 2. The maximum absolute atomic E-state index is 12.0. The topological polar surface area (TPSA) is 91.2 Å². The maximum Gasteiger partial charge on any atom is 0.270 e. The highest BCUT2D eigenvalue weighted by molar-refractivity contribution is 6.11. The number of hydrogen-bond acceptors (Lipinski definition) is 5. The van der Waals surface area contributed by atoms with Crippen molar-refractivity contribution in [3.8, 4) is 11.8 Å². The van der Waals surface area contributed by atoms with E-state index in [9.17, 15) is 9.59 Å². The molecule has 0 spiro atoms. The van der Waals surface area contributed by atoms with Crippen LogP contribution in [0.15, 0.2) is 66.4 Å². The molecular formula is C18H15N3O3. The van der Waals surface area contributed by atoms with E-state index in [0.717, 1.165) is 0 Å². The molecule has 0 aliphatic heterocycles. The second-order valence-electron chi connectivity index (χ2n) is 4.69. The molecule has 24 heavy (non-hydrogen) atoms. The number of benzene rings is 2. The first-order chi connectivity index (χ1) is 11.6. The van der Waals surface area contributed by atoms with Crippen LogP contribution in [0.4, 0.5) is 5.69 Å². The van der Waals surface area contributed by atoms with Crippen molar-refractivity contribution in [1.82, 2.24) is 5.32 Å². The largest absolute Gasteiger partial charge is 0.497 e. The average Bonchev–Trinajstić information content (AvgIpc) is 2.63. The molecule has 2 amide bonds. The lowest BCUT2D eigenvalue weighted by Gasteiger charge is -2.05. The van der Waals surface area contributed by atoms with Crippen LogP contribution in [0.25, 0.3) is 0 Å². The van der Waals surface area contributed by atoms with E-state index in [-0.39, 0.29) is 5.57 Å². The summed E-state index contributed by atoms with van der Waals surface area (Å²) in [5, 5.41) is 14.1. The van der Waals surface area contributed by atoms with E-state index in [1.165, 1.54) is 6.20 Å². The van der Waals surface area contributed by atoms with Crippen molar-refractivity contribution in [3.05, 3.63) is 71.9 Å². The van der Waals surface area contributed by atoms with Crippen molar-refractivity contribution in [2.75, 3.05) is 12.4 Å². The smallest absolute Gasteiger partial charge is 0.270 e. The number of carbonyl (C=O) groups excluding carboxylic acids is 2. The summed E-state index contributed by atoms with van der Waals surface area (Å²) in [7, 11) is 1.56. The van der Waals surface area contributed by atoms with E-state index in [1.54, 1.807) is 67.8 Å². The highest BCUT2D eigenvalue weighted by atomic mass is 16.5. The van der Waals surface area contributed by atoms with Gasteiger partial charge >= 0.3 is 0 Å². The van der Waals surface area contributed by atoms with Crippen molar-refractivity contribution in [2.45, 2.75) is 0 Å². The summed E-state index contributed by atoms with van der Waals surface area (Å²) >= 11 is 0. The van der Waals surface area contributed by atoms with E-state index in [2.05, 4.69) is 10.6 Å². The fourth-order valence-electron chi connectivity index (χ4n) is 1.82. The summed E-state index contributed by atoms with van der Waals surface area (Å²) in [5.41, 5.74) is 0.798. The van der Waals surface area contributed by atoms with Gasteiger partial charge in [0.2, 0.25) is 0 Å². The number of rotatable bonds is 5. The predicted molar refractivity (Wildman–Crippen MR) is 89.2 cm³/mol. The molecule has 0 saturated heterocycles. The zero-order chi connectivity index (χ0) is 17.4. The van der Waals surface area contributed by atoms with Gasteiger partial charge in [-0.1, -0.05) is 18.2 Å². The molecule has 0 aromatic heterocycles. The number of nitriles is 1. The van der Waals surface area contributed by atoms with Crippen LogP contribution in [0, 0.1) is 11.3 Å². The Morgan fingerprint density at radius 3 is 2.33 bits per heavy atom. The second kappa shape index (κ2) is 8.15. The van der Waals surface area contributed by atoms with Crippen molar-refractivity contribution >= 4 is 17.5 Å². The molecule has 6 nitrogen and oxygen atoms in total. The molecule has 2 N–H and O–H groups in total. The Labute approximate surface area is 139 Å². The minimum Gasteiger partial charge on any atom is -0.497 e. The molecule has 6 heteroatoms. The number of carbonyl (C=O) groups is 2. The van der Waals surface area contributed by atoms with Crippen LogP contribution < -0.4 is 15.4 Å². The van der Waals surface area contributed by atoms with Crippen LogP contribution in [0.5, 0.6) is 5.75 Å². The summed E-state index contributed by atoms with van der Waals surface area (Å²) in [4.78, 5) is 23.9. The van der Waals surface area contributed by atoms with Crippen LogP contribution in [-0.2, 0) is 4.79 Å². The fourth-order valence-corrected chi connectivity index (χ4v) is 1.82. The van der Waals surface area contributed by atoms with E-state index in [1.807, 2.05) is 0 Å². The Morgan fingerprint density at radius 2 is 1.75 bits per heavy atom. The lowest BCUT2D eigenvalue weighted by atomic mass is 10.2. The third-order valence-corrected chi connectivity index (χ3v) is 3.10. The minimum absolute atomic E-state index is 0.213. The number of ether oxygens (including phenoxy) is 1. The standard InChI is InChI=1S/C18H15N3O3/c1-24-16-9-7-15(8-10-16)20-12-14(11-19)18(23)21-17(22)13-5-3-2-4-6-13/h2-10,12,20H,1H3,(H,21,22,23). The molecule has 2 aromatic rings. The Hall–Kier alpha value is -3.59. The summed E-state index contributed by atoms with van der Waals surface area (Å²) in [6, 6.07) is 17.0. The van der Waals surface area contributed by atoms with Gasteiger partial charge in [0.05, 0.1) is 7.11 Å². The first-order valence-corrected chi connectivity index (χ1v) is 7.05. The van der Waals surface area contributed by atoms with Gasteiger partial charge in [0.25, 0.3) is 11.8 Å². The first-order valence-electron chi connectivity index (χ1n) is 7.05. The Morgan fingerprint density at radius 1 is 1.08 bits per heavy atom. The Bertz CT molecular complexity index is 791. The summed E-state index contributed by atoms with van der Waals surface area (Å²) in [5.74, 6) is -0.644. The summed E-state index contributed by atoms with van der Waals surface area (Å²) in [6.07, 6.45) is 1.25. The molecule has 2 rings (SSSR count). The van der Waals surface area contributed by atoms with Gasteiger partial charge in [0.15, 0.2) is 0 Å². The second-order valence-corrected chi connectivity index (χ2v) is 4.69. The molecule has 120 valence electrons. The van der Waals surface area contributed by atoms with Crippen LogP contribution in [-0.4, -0.2) is 18.9 Å². The normalized spacial score (nSPS) is 10.4. The Balaban J connectivity index is 2.02. The van der Waals surface area contributed by atoms with E-state index in [4.69, 9.17) is 10.00 Å². The zero-order valence-corrected chi connectivity index (χ0v) is 12.9. The number of imide groups is 1. The zero-order valence-electron chi connectivity index (χ0n) is 12.9. The van der Waals surface area contributed by atoms with Gasteiger partial charge in [-0.2, -0.15) is 5.26 Å². The summed E-state index contributed by atoms with van der Waals surface area (Å²) in [6.45, 7) is 0. The molecule has 0 unspecified atom stereocenters. The average molecular weight is 321 g/mol. The molecule has 0 bridgehead atoms. The SMILES string of the molecule is COc1ccc(NC=C(C#N)C(=O)NC(=O)c2ccccc2)cc1. The molecule has 0 radical (unpaired) electrons. The molecule has 2 aromatic carbocycles. The fraction of sp³-hybridized carbons (Fsp3) is 0.0556. The van der Waals surface area contributed by atoms with Gasteiger partial charge in [-0.3, -0.25) is 14.9 Å². The van der Waals surface area contributed by atoms with Crippen LogP contribution in [0.1, 0.15) is 10.4 Å². The molecule has 0 atom stereocenters. The van der Waals surface area contributed by atoms with Crippen molar-refractivity contribution in [1.29, 1.82) is 5.26 Å². The van der Waals surface area contributed by atoms with Gasteiger partial charge in [0.1, 0.15) is 17.4 Å². The van der Waals surface area contributed by atoms with Gasteiger partial charge in [-0.25, -0.2) is 0 Å². The molecule has 0 fully saturated rings. The monoisotopic (exact) mass is 321 g/mol. The number of amides is 2. The van der Waals surface area contributed by atoms with E-state index in [0.29, 0.717) is 17.0 Å². The van der Waals surface area contributed by atoms with Crippen LogP contribution >= 0.6 is 0 Å². The maximum atomic E-state index is 12.0. The highest BCUT2D eigenvalue weighted by Crippen LogP contribution is 2.15. The molecule has 0 aliphatic carbocycles.